The summed E-state index contributed by atoms with van der Waals surface area (Å²) >= 11 is 12.5. The monoisotopic (exact) mass is 501 g/mol. The summed E-state index contributed by atoms with van der Waals surface area (Å²) in [6, 6.07) is 15.4. The quantitative estimate of drug-likeness (QED) is 0.289. The van der Waals surface area contributed by atoms with Crippen LogP contribution in [0.1, 0.15) is 21.8 Å². The van der Waals surface area contributed by atoms with Gasteiger partial charge in [0.05, 0.1) is 30.5 Å². The summed E-state index contributed by atoms with van der Waals surface area (Å²) in [6.45, 7) is 0.224. The van der Waals surface area contributed by atoms with Crippen molar-refractivity contribution < 1.29 is 23.1 Å². The van der Waals surface area contributed by atoms with E-state index in [1.54, 1.807) is 12.1 Å². The lowest BCUT2D eigenvalue weighted by atomic mass is 10.1. The van der Waals surface area contributed by atoms with Gasteiger partial charge < -0.3 is 19.2 Å². The van der Waals surface area contributed by atoms with Gasteiger partial charge in [0.2, 0.25) is 0 Å². The van der Waals surface area contributed by atoms with Gasteiger partial charge in [-0.15, -0.1) is 0 Å². The molecule has 4 aromatic rings. The molecule has 0 aliphatic carbocycles. The molecule has 7 nitrogen and oxygen atoms in total. The van der Waals surface area contributed by atoms with Gasteiger partial charge in [-0.05, 0) is 29.8 Å². The Hall–Kier alpha value is -3.62. The van der Waals surface area contributed by atoms with Gasteiger partial charge >= 0.3 is 5.97 Å². The molecule has 0 aliphatic rings. The van der Waals surface area contributed by atoms with Crippen LogP contribution in [0.25, 0.3) is 11.4 Å². The first-order chi connectivity index (χ1) is 16.5. The van der Waals surface area contributed by atoms with E-state index in [2.05, 4.69) is 15.3 Å². The van der Waals surface area contributed by atoms with Crippen LogP contribution >= 0.6 is 23.2 Å². The minimum absolute atomic E-state index is 0.00756. The highest BCUT2D eigenvalue weighted by Crippen LogP contribution is 2.35. The third-order valence-electron chi connectivity index (χ3n) is 4.76. The van der Waals surface area contributed by atoms with Gasteiger partial charge in [0.25, 0.3) is 0 Å². The SMILES string of the molecule is COc1c(Cl)ccc(-c2nc(NCc3ccco3)c(Cl)c(C(=O)OCc3ccccc3)n2)c1F. The van der Waals surface area contributed by atoms with Crippen molar-refractivity contribution in [2.75, 3.05) is 12.4 Å². The number of furan rings is 1. The molecule has 34 heavy (non-hydrogen) atoms. The normalized spacial score (nSPS) is 10.7. The number of nitrogens with zero attached hydrogens (tertiary/aromatic N) is 2. The second-order valence-electron chi connectivity index (χ2n) is 7.00. The van der Waals surface area contributed by atoms with Crippen LogP contribution in [0.15, 0.2) is 65.3 Å². The maximum Gasteiger partial charge on any atom is 0.359 e. The molecule has 4 rings (SSSR count). The lowest BCUT2D eigenvalue weighted by Crippen LogP contribution is -2.13. The Morgan fingerprint density at radius 1 is 1.09 bits per heavy atom. The van der Waals surface area contributed by atoms with E-state index in [1.165, 1.54) is 25.5 Å². The van der Waals surface area contributed by atoms with E-state index in [1.807, 2.05) is 30.3 Å². The summed E-state index contributed by atoms with van der Waals surface area (Å²) in [7, 11) is 1.29. The molecule has 0 amide bonds. The van der Waals surface area contributed by atoms with Gasteiger partial charge in [-0.3, -0.25) is 0 Å². The molecule has 0 aliphatic heterocycles. The van der Waals surface area contributed by atoms with Crippen molar-refractivity contribution in [2.45, 2.75) is 13.2 Å². The van der Waals surface area contributed by atoms with E-state index in [4.69, 9.17) is 37.1 Å². The Morgan fingerprint density at radius 3 is 2.59 bits per heavy atom. The van der Waals surface area contributed by atoms with E-state index < -0.39 is 11.8 Å². The van der Waals surface area contributed by atoms with E-state index in [0.717, 1.165) is 5.56 Å². The number of benzene rings is 2. The molecule has 0 bridgehead atoms. The maximum absolute atomic E-state index is 15.1. The summed E-state index contributed by atoms with van der Waals surface area (Å²) in [6.07, 6.45) is 1.52. The Balaban J connectivity index is 1.72. The van der Waals surface area contributed by atoms with Crippen LogP contribution in [0.2, 0.25) is 10.0 Å². The lowest BCUT2D eigenvalue weighted by Gasteiger charge is -2.14. The predicted molar refractivity (Wildman–Crippen MR) is 126 cm³/mol. The lowest BCUT2D eigenvalue weighted by molar-refractivity contribution is 0.0466. The summed E-state index contributed by atoms with van der Waals surface area (Å²) < 4.78 is 30.8. The highest BCUT2D eigenvalue weighted by molar-refractivity contribution is 6.35. The second-order valence-corrected chi connectivity index (χ2v) is 7.78. The number of carbonyl (C=O) groups is 1. The van der Waals surface area contributed by atoms with Crippen molar-refractivity contribution in [3.8, 4) is 17.1 Å². The van der Waals surface area contributed by atoms with Gasteiger partial charge in [0.1, 0.15) is 23.2 Å². The number of halogens is 3. The first-order valence-electron chi connectivity index (χ1n) is 10.0. The molecular formula is C24H18Cl2FN3O4. The van der Waals surface area contributed by atoms with Crippen LogP contribution in [0, 0.1) is 5.82 Å². The fourth-order valence-electron chi connectivity index (χ4n) is 3.09. The average molecular weight is 502 g/mol. The minimum atomic E-state index is -0.792. The van der Waals surface area contributed by atoms with Crippen LogP contribution < -0.4 is 10.1 Å². The molecular weight excluding hydrogens is 484 g/mol. The topological polar surface area (TPSA) is 86.5 Å². The number of ether oxygens (including phenoxy) is 2. The zero-order valence-electron chi connectivity index (χ0n) is 17.8. The molecule has 0 saturated carbocycles. The van der Waals surface area contributed by atoms with E-state index >= 15 is 4.39 Å². The van der Waals surface area contributed by atoms with Crippen molar-refractivity contribution in [1.82, 2.24) is 9.97 Å². The maximum atomic E-state index is 15.1. The number of esters is 1. The highest BCUT2D eigenvalue weighted by Gasteiger charge is 2.24. The standard InChI is InChI=1S/C24H18Cl2FN3O4/c1-32-21-17(25)10-9-16(19(21)27)22-29-20(24(31)34-13-14-6-3-2-4-7-14)18(26)23(30-22)28-12-15-8-5-11-33-15/h2-11H,12-13H2,1H3,(H,28,29,30). The fraction of sp³-hybridized carbons (Fsp3) is 0.125. The van der Waals surface area contributed by atoms with Gasteiger partial charge in [-0.1, -0.05) is 53.5 Å². The van der Waals surface area contributed by atoms with Crippen LogP contribution in [0.3, 0.4) is 0 Å². The van der Waals surface area contributed by atoms with E-state index in [9.17, 15) is 4.79 Å². The number of methoxy groups -OCH3 is 1. The minimum Gasteiger partial charge on any atom is -0.492 e. The Morgan fingerprint density at radius 2 is 1.88 bits per heavy atom. The second kappa shape index (κ2) is 10.5. The van der Waals surface area contributed by atoms with Crippen LogP contribution in [0.4, 0.5) is 10.2 Å². The number of aromatic nitrogens is 2. The molecule has 0 saturated heterocycles. The molecule has 0 atom stereocenters. The summed E-state index contributed by atoms with van der Waals surface area (Å²) in [5.41, 5.74) is 0.528. The molecule has 2 aromatic carbocycles. The largest absolute Gasteiger partial charge is 0.492 e. The fourth-order valence-corrected chi connectivity index (χ4v) is 3.54. The average Bonchev–Trinajstić information content (AvgIpc) is 3.37. The first-order valence-corrected chi connectivity index (χ1v) is 10.8. The first kappa shape index (κ1) is 23.5. The number of anilines is 1. The third kappa shape index (κ3) is 5.13. The van der Waals surface area contributed by atoms with Crippen LogP contribution in [0.5, 0.6) is 5.75 Å². The molecule has 2 heterocycles. The van der Waals surface area contributed by atoms with E-state index in [0.29, 0.717) is 5.76 Å². The number of rotatable bonds is 8. The molecule has 1 N–H and O–H groups in total. The van der Waals surface area contributed by atoms with Crippen molar-refractivity contribution >= 4 is 35.0 Å². The molecule has 2 aromatic heterocycles. The predicted octanol–water partition coefficient (Wildman–Crippen LogP) is 6.16. The molecule has 174 valence electrons. The smallest absolute Gasteiger partial charge is 0.359 e. The van der Waals surface area contributed by atoms with Gasteiger partial charge in [0.15, 0.2) is 23.1 Å². The summed E-state index contributed by atoms with van der Waals surface area (Å²) in [5.74, 6) is -1.15. The van der Waals surface area contributed by atoms with Crippen molar-refractivity contribution in [3.63, 3.8) is 0 Å². The van der Waals surface area contributed by atoms with Crippen LogP contribution in [-0.2, 0) is 17.9 Å². The molecule has 0 radical (unpaired) electrons. The van der Waals surface area contributed by atoms with Gasteiger partial charge in [-0.2, -0.15) is 0 Å². The number of hydrogen-bond donors (Lipinski definition) is 1. The van der Waals surface area contributed by atoms with Crippen molar-refractivity contribution in [2.24, 2.45) is 0 Å². The van der Waals surface area contributed by atoms with E-state index in [-0.39, 0.29) is 51.8 Å². The number of hydrogen-bond acceptors (Lipinski definition) is 7. The zero-order chi connectivity index (χ0) is 24.1. The van der Waals surface area contributed by atoms with Gasteiger partial charge in [-0.25, -0.2) is 19.2 Å². The molecule has 0 unspecified atom stereocenters. The third-order valence-corrected chi connectivity index (χ3v) is 5.42. The summed E-state index contributed by atoms with van der Waals surface area (Å²) in [4.78, 5) is 21.4. The Labute approximate surface area is 204 Å². The molecule has 0 spiro atoms. The zero-order valence-corrected chi connectivity index (χ0v) is 19.4. The van der Waals surface area contributed by atoms with Crippen molar-refractivity contribution in [3.05, 3.63) is 93.7 Å². The Bertz CT molecular complexity index is 1300. The number of carbonyl (C=O) groups excluding carboxylic acids is 1. The Kier molecular flexibility index (Phi) is 7.30. The molecule has 0 fully saturated rings. The number of nitrogens with one attached hydrogen (secondary N) is 1. The summed E-state index contributed by atoms with van der Waals surface area (Å²) in [5, 5.41) is 3.00. The van der Waals surface area contributed by atoms with Crippen molar-refractivity contribution in [1.29, 1.82) is 0 Å². The van der Waals surface area contributed by atoms with Crippen LogP contribution in [-0.4, -0.2) is 23.0 Å². The van der Waals surface area contributed by atoms with Gasteiger partial charge in [0, 0.05) is 0 Å². The highest BCUT2D eigenvalue weighted by atomic mass is 35.5. The molecule has 10 heteroatoms.